The van der Waals surface area contributed by atoms with Crippen molar-refractivity contribution in [3.63, 3.8) is 0 Å². The van der Waals surface area contributed by atoms with Crippen LogP contribution in [0.1, 0.15) is 27.7 Å². The van der Waals surface area contributed by atoms with E-state index in [1.165, 1.54) is 0 Å². The Morgan fingerprint density at radius 2 is 0.762 bits per heavy atom. The van der Waals surface area contributed by atoms with Crippen LogP contribution in [0.3, 0.4) is 0 Å². The summed E-state index contributed by atoms with van der Waals surface area (Å²) >= 11 is 0. The van der Waals surface area contributed by atoms with Crippen LogP contribution in [0.4, 0.5) is 0 Å². The molecular formula is C16H36N2O3. The molecule has 0 aliphatic heterocycles. The molecule has 0 spiro atoms. The summed E-state index contributed by atoms with van der Waals surface area (Å²) in [7, 11) is 0. The molecule has 0 aliphatic rings. The summed E-state index contributed by atoms with van der Waals surface area (Å²) in [6.45, 7) is 19.2. The molecule has 0 unspecified atom stereocenters. The van der Waals surface area contributed by atoms with Crippen molar-refractivity contribution in [1.82, 2.24) is 9.80 Å². The fourth-order valence-corrected chi connectivity index (χ4v) is 2.01. The lowest BCUT2D eigenvalue weighted by atomic mass is 10.5. The van der Waals surface area contributed by atoms with Crippen LogP contribution >= 0.6 is 0 Å². The molecule has 21 heavy (non-hydrogen) atoms. The van der Waals surface area contributed by atoms with Crippen molar-refractivity contribution in [3.05, 3.63) is 0 Å². The van der Waals surface area contributed by atoms with Crippen LogP contribution in [0, 0.1) is 0 Å². The molecule has 0 heterocycles. The molecule has 0 aromatic rings. The second kappa shape index (κ2) is 16.2. The van der Waals surface area contributed by atoms with Crippen molar-refractivity contribution in [2.75, 3.05) is 78.9 Å². The summed E-state index contributed by atoms with van der Waals surface area (Å²) in [4.78, 5) is 4.70. The Labute approximate surface area is 131 Å². The van der Waals surface area contributed by atoms with E-state index in [2.05, 4.69) is 37.5 Å². The topological polar surface area (TPSA) is 34.2 Å². The fourth-order valence-electron chi connectivity index (χ4n) is 2.01. The summed E-state index contributed by atoms with van der Waals surface area (Å²) in [5.41, 5.74) is 0. The molecule has 128 valence electrons. The predicted octanol–water partition coefficient (Wildman–Crippen LogP) is 1.72. The summed E-state index contributed by atoms with van der Waals surface area (Å²) in [5, 5.41) is 0. The zero-order valence-corrected chi connectivity index (χ0v) is 14.6. The van der Waals surface area contributed by atoms with Gasteiger partial charge in [-0.05, 0) is 26.2 Å². The fraction of sp³-hybridized carbons (Fsp3) is 1.00. The highest BCUT2D eigenvalue weighted by Gasteiger charge is 1.99. The van der Waals surface area contributed by atoms with E-state index in [0.29, 0.717) is 26.4 Å². The van der Waals surface area contributed by atoms with Gasteiger partial charge in [0.05, 0.1) is 39.6 Å². The van der Waals surface area contributed by atoms with Crippen molar-refractivity contribution in [1.29, 1.82) is 0 Å². The number of rotatable bonds is 16. The minimum atomic E-state index is 0.650. The molecule has 0 aromatic heterocycles. The maximum absolute atomic E-state index is 5.54. The van der Waals surface area contributed by atoms with Crippen LogP contribution in [-0.4, -0.2) is 88.7 Å². The van der Waals surface area contributed by atoms with Crippen molar-refractivity contribution < 1.29 is 14.2 Å². The monoisotopic (exact) mass is 304 g/mol. The number of likely N-dealkylation sites (N-methyl/N-ethyl adjacent to an activating group) is 2. The molecule has 0 radical (unpaired) electrons. The van der Waals surface area contributed by atoms with Gasteiger partial charge in [-0.2, -0.15) is 0 Å². The van der Waals surface area contributed by atoms with Gasteiger partial charge in [0.2, 0.25) is 0 Å². The van der Waals surface area contributed by atoms with Crippen LogP contribution in [-0.2, 0) is 14.2 Å². The Kier molecular flexibility index (Phi) is 16.0. The Morgan fingerprint density at radius 1 is 0.476 bits per heavy atom. The number of nitrogens with zero attached hydrogens (tertiary/aromatic N) is 2. The lowest BCUT2D eigenvalue weighted by Gasteiger charge is -2.18. The van der Waals surface area contributed by atoms with E-state index in [1.807, 2.05) is 0 Å². The molecule has 0 saturated carbocycles. The lowest BCUT2D eigenvalue weighted by molar-refractivity contribution is 0.00785. The highest BCUT2D eigenvalue weighted by molar-refractivity contribution is 4.51. The highest BCUT2D eigenvalue weighted by Crippen LogP contribution is 1.89. The van der Waals surface area contributed by atoms with Crippen LogP contribution in [0.2, 0.25) is 0 Å². The average molecular weight is 304 g/mol. The Balaban J connectivity index is 3.15. The molecule has 0 saturated heterocycles. The summed E-state index contributed by atoms with van der Waals surface area (Å²) in [5.74, 6) is 0. The van der Waals surface area contributed by atoms with E-state index in [9.17, 15) is 0 Å². The van der Waals surface area contributed by atoms with Gasteiger partial charge in [-0.3, -0.25) is 0 Å². The van der Waals surface area contributed by atoms with E-state index >= 15 is 0 Å². The largest absolute Gasteiger partial charge is 0.378 e. The van der Waals surface area contributed by atoms with Gasteiger partial charge in [0, 0.05) is 13.1 Å². The highest BCUT2D eigenvalue weighted by atomic mass is 16.5. The minimum Gasteiger partial charge on any atom is -0.378 e. The molecule has 5 nitrogen and oxygen atoms in total. The molecule has 0 rings (SSSR count). The summed E-state index contributed by atoms with van der Waals surface area (Å²) < 4.78 is 16.6. The summed E-state index contributed by atoms with van der Waals surface area (Å²) in [6, 6.07) is 0. The van der Waals surface area contributed by atoms with E-state index in [0.717, 1.165) is 52.5 Å². The van der Waals surface area contributed by atoms with Crippen molar-refractivity contribution >= 4 is 0 Å². The molecule has 0 amide bonds. The molecule has 0 aliphatic carbocycles. The minimum absolute atomic E-state index is 0.650. The first-order valence-corrected chi connectivity index (χ1v) is 8.46. The van der Waals surface area contributed by atoms with Gasteiger partial charge in [-0.15, -0.1) is 0 Å². The van der Waals surface area contributed by atoms with E-state index in [-0.39, 0.29) is 0 Å². The maximum atomic E-state index is 5.54. The molecule has 0 N–H and O–H groups in total. The third-order valence-corrected chi connectivity index (χ3v) is 3.64. The standard InChI is InChI=1S/C16H36N2O3/c1-5-17(6-2)9-11-19-13-15-21-16-14-20-12-10-18(7-3)8-4/h5-16H2,1-4H3. The van der Waals surface area contributed by atoms with Crippen LogP contribution in [0.25, 0.3) is 0 Å². The maximum Gasteiger partial charge on any atom is 0.0701 e. The van der Waals surface area contributed by atoms with E-state index < -0.39 is 0 Å². The van der Waals surface area contributed by atoms with Crippen molar-refractivity contribution in [2.45, 2.75) is 27.7 Å². The third-order valence-electron chi connectivity index (χ3n) is 3.64. The SMILES string of the molecule is CCN(CC)CCOCCOCCOCCN(CC)CC. The van der Waals surface area contributed by atoms with Gasteiger partial charge >= 0.3 is 0 Å². The number of ether oxygens (including phenoxy) is 3. The van der Waals surface area contributed by atoms with Gasteiger partial charge in [0.25, 0.3) is 0 Å². The smallest absolute Gasteiger partial charge is 0.0701 e. The molecular weight excluding hydrogens is 268 g/mol. The van der Waals surface area contributed by atoms with Gasteiger partial charge in [0.1, 0.15) is 0 Å². The quantitative estimate of drug-likeness (QED) is 0.406. The predicted molar refractivity (Wildman–Crippen MR) is 88.0 cm³/mol. The van der Waals surface area contributed by atoms with Crippen LogP contribution in [0.15, 0.2) is 0 Å². The van der Waals surface area contributed by atoms with Crippen LogP contribution < -0.4 is 0 Å². The average Bonchev–Trinajstić information content (AvgIpc) is 2.52. The first-order valence-electron chi connectivity index (χ1n) is 8.46. The first-order chi connectivity index (χ1) is 10.3. The Morgan fingerprint density at radius 3 is 1.05 bits per heavy atom. The molecule has 5 heteroatoms. The van der Waals surface area contributed by atoms with E-state index in [4.69, 9.17) is 14.2 Å². The second-order valence-corrected chi connectivity index (χ2v) is 4.89. The summed E-state index contributed by atoms with van der Waals surface area (Å²) in [6.07, 6.45) is 0. The number of hydrogen-bond donors (Lipinski definition) is 0. The number of hydrogen-bond acceptors (Lipinski definition) is 5. The molecule has 0 aromatic carbocycles. The molecule has 0 bridgehead atoms. The third kappa shape index (κ3) is 13.2. The van der Waals surface area contributed by atoms with Crippen molar-refractivity contribution in [3.8, 4) is 0 Å². The van der Waals surface area contributed by atoms with Crippen molar-refractivity contribution in [2.24, 2.45) is 0 Å². The lowest BCUT2D eigenvalue weighted by Crippen LogP contribution is -2.27. The van der Waals surface area contributed by atoms with Gasteiger partial charge in [-0.1, -0.05) is 27.7 Å². The van der Waals surface area contributed by atoms with Gasteiger partial charge in [-0.25, -0.2) is 0 Å². The van der Waals surface area contributed by atoms with Crippen LogP contribution in [0.5, 0.6) is 0 Å². The van der Waals surface area contributed by atoms with E-state index in [1.54, 1.807) is 0 Å². The Hall–Kier alpha value is -0.200. The Bertz CT molecular complexity index is 178. The van der Waals surface area contributed by atoms with Gasteiger partial charge < -0.3 is 24.0 Å². The molecule has 0 fully saturated rings. The normalized spacial score (nSPS) is 11.7. The van der Waals surface area contributed by atoms with Gasteiger partial charge in [0.15, 0.2) is 0 Å². The zero-order valence-electron chi connectivity index (χ0n) is 14.6. The first kappa shape index (κ1) is 20.8. The zero-order chi connectivity index (χ0) is 15.8. The molecule has 0 atom stereocenters. The second-order valence-electron chi connectivity index (χ2n) is 4.89.